The summed E-state index contributed by atoms with van der Waals surface area (Å²) >= 11 is 0. The normalized spacial score (nSPS) is 10.5. The Morgan fingerprint density at radius 2 is 1.88 bits per heavy atom. The molecule has 0 aromatic heterocycles. The first kappa shape index (κ1) is 13.9. The van der Waals surface area contributed by atoms with Crippen LogP contribution in [0.15, 0.2) is 36.4 Å². The Bertz CT molecular complexity index is 329. The van der Waals surface area contributed by atoms with Gasteiger partial charge in [0.05, 0.1) is 13.2 Å². The first-order valence-corrected chi connectivity index (χ1v) is 6.23. The average Bonchev–Trinajstić information content (AvgIpc) is 2.34. The molecule has 0 bridgehead atoms. The third kappa shape index (κ3) is 6.25. The zero-order valence-corrected chi connectivity index (χ0v) is 11.0. The van der Waals surface area contributed by atoms with E-state index in [1.54, 1.807) is 0 Å². The molecule has 0 amide bonds. The number of nitrogens with one attached hydrogen (secondary N) is 1. The molecule has 1 rings (SSSR count). The van der Waals surface area contributed by atoms with E-state index in [-0.39, 0.29) is 0 Å². The topological polar surface area (TPSA) is 21.3 Å². The largest absolute Gasteiger partial charge is 0.376 e. The highest BCUT2D eigenvalue weighted by Gasteiger charge is 1.94. The molecule has 94 valence electrons. The van der Waals surface area contributed by atoms with Gasteiger partial charge in [-0.3, -0.25) is 0 Å². The van der Waals surface area contributed by atoms with Crippen molar-refractivity contribution in [2.45, 2.75) is 26.8 Å². The van der Waals surface area contributed by atoms with Gasteiger partial charge in [-0.05, 0) is 24.5 Å². The van der Waals surface area contributed by atoms with Crippen molar-refractivity contribution in [3.63, 3.8) is 0 Å². The number of ether oxygens (including phenoxy) is 1. The summed E-state index contributed by atoms with van der Waals surface area (Å²) in [5, 5.41) is 3.36. The van der Waals surface area contributed by atoms with Gasteiger partial charge in [0, 0.05) is 13.1 Å². The lowest BCUT2D eigenvalue weighted by Crippen LogP contribution is -2.19. The lowest BCUT2D eigenvalue weighted by atomic mass is 10.1. The summed E-state index contributed by atoms with van der Waals surface area (Å²) in [6, 6.07) is 8.74. The molecule has 2 nitrogen and oxygen atoms in total. The van der Waals surface area contributed by atoms with Crippen molar-refractivity contribution in [2.24, 2.45) is 0 Å². The molecule has 0 radical (unpaired) electrons. The number of hydrogen-bond acceptors (Lipinski definition) is 2. The maximum atomic E-state index is 5.41. The first-order valence-electron chi connectivity index (χ1n) is 6.23. The molecule has 0 saturated carbocycles. The highest BCUT2D eigenvalue weighted by Crippen LogP contribution is 2.04. The Balaban J connectivity index is 2.11. The second-order valence-corrected chi connectivity index (χ2v) is 4.36. The predicted molar refractivity (Wildman–Crippen MR) is 73.2 cm³/mol. The maximum Gasteiger partial charge on any atom is 0.0672 e. The van der Waals surface area contributed by atoms with Gasteiger partial charge in [0.1, 0.15) is 0 Å². The molecule has 0 aliphatic heterocycles. The summed E-state index contributed by atoms with van der Waals surface area (Å²) in [5.41, 5.74) is 3.78. The van der Waals surface area contributed by atoms with Crippen LogP contribution in [0.5, 0.6) is 0 Å². The fraction of sp³-hybridized carbons (Fsp3) is 0.467. The molecular formula is C15H23NO. The molecule has 0 unspecified atom stereocenters. The molecular weight excluding hydrogens is 210 g/mol. The highest BCUT2D eigenvalue weighted by atomic mass is 16.5. The Labute approximate surface area is 105 Å². The van der Waals surface area contributed by atoms with Crippen LogP contribution in [-0.2, 0) is 17.7 Å². The van der Waals surface area contributed by atoms with Gasteiger partial charge in [0.15, 0.2) is 0 Å². The molecule has 0 fully saturated rings. The van der Waals surface area contributed by atoms with Crippen molar-refractivity contribution in [1.82, 2.24) is 5.32 Å². The van der Waals surface area contributed by atoms with Crippen molar-refractivity contribution in [3.8, 4) is 0 Å². The van der Waals surface area contributed by atoms with Crippen LogP contribution < -0.4 is 5.32 Å². The highest BCUT2D eigenvalue weighted by molar-refractivity contribution is 5.22. The smallest absolute Gasteiger partial charge is 0.0672 e. The van der Waals surface area contributed by atoms with E-state index in [0.717, 1.165) is 31.7 Å². The van der Waals surface area contributed by atoms with Crippen LogP contribution in [0.3, 0.4) is 0 Å². The Morgan fingerprint density at radius 3 is 2.47 bits per heavy atom. The first-order chi connectivity index (χ1) is 8.22. The molecule has 0 heterocycles. The van der Waals surface area contributed by atoms with Crippen molar-refractivity contribution in [3.05, 3.63) is 47.5 Å². The molecule has 0 aliphatic carbocycles. The molecule has 2 heteroatoms. The summed E-state index contributed by atoms with van der Waals surface area (Å²) in [6.07, 6.45) is 1.10. The van der Waals surface area contributed by atoms with Crippen molar-refractivity contribution < 1.29 is 4.74 Å². The third-order valence-electron chi connectivity index (χ3n) is 2.53. The quantitative estimate of drug-likeness (QED) is 0.550. The minimum atomic E-state index is 0.660. The van der Waals surface area contributed by atoms with E-state index in [1.165, 1.54) is 11.1 Å². The number of hydrogen-bond donors (Lipinski definition) is 1. The second-order valence-electron chi connectivity index (χ2n) is 4.36. The fourth-order valence-electron chi connectivity index (χ4n) is 1.52. The molecule has 0 atom stereocenters. The summed E-state index contributed by atoms with van der Waals surface area (Å²) in [6.45, 7) is 11.1. The summed E-state index contributed by atoms with van der Waals surface area (Å²) < 4.78 is 5.41. The van der Waals surface area contributed by atoms with E-state index in [1.807, 2.05) is 6.92 Å². The van der Waals surface area contributed by atoms with Crippen LogP contribution in [0, 0.1) is 0 Å². The zero-order valence-electron chi connectivity index (χ0n) is 11.0. The monoisotopic (exact) mass is 233 g/mol. The lowest BCUT2D eigenvalue weighted by molar-refractivity contribution is 0.158. The Kier molecular flexibility index (Phi) is 6.60. The molecule has 1 aromatic rings. The lowest BCUT2D eigenvalue weighted by Gasteiger charge is -2.06. The van der Waals surface area contributed by atoms with E-state index >= 15 is 0 Å². The zero-order chi connectivity index (χ0) is 12.5. The summed E-state index contributed by atoms with van der Waals surface area (Å²) in [7, 11) is 0. The van der Waals surface area contributed by atoms with E-state index in [2.05, 4.69) is 43.1 Å². The SMILES string of the molecule is C=C(C)COCCNCc1ccc(CC)cc1. The van der Waals surface area contributed by atoms with E-state index in [4.69, 9.17) is 4.74 Å². The van der Waals surface area contributed by atoms with E-state index < -0.39 is 0 Å². The van der Waals surface area contributed by atoms with Crippen LogP contribution in [0.4, 0.5) is 0 Å². The van der Waals surface area contributed by atoms with E-state index in [9.17, 15) is 0 Å². The van der Waals surface area contributed by atoms with Gasteiger partial charge in [-0.15, -0.1) is 0 Å². The maximum absolute atomic E-state index is 5.41. The summed E-state index contributed by atoms with van der Waals surface area (Å²) in [5.74, 6) is 0. The number of benzene rings is 1. The third-order valence-corrected chi connectivity index (χ3v) is 2.53. The van der Waals surface area contributed by atoms with Gasteiger partial charge < -0.3 is 10.1 Å². The van der Waals surface area contributed by atoms with Gasteiger partial charge in [0.2, 0.25) is 0 Å². The Morgan fingerprint density at radius 1 is 1.24 bits per heavy atom. The summed E-state index contributed by atoms with van der Waals surface area (Å²) in [4.78, 5) is 0. The number of rotatable bonds is 8. The molecule has 0 spiro atoms. The minimum Gasteiger partial charge on any atom is -0.376 e. The number of aryl methyl sites for hydroxylation is 1. The second kappa shape index (κ2) is 8.04. The Hall–Kier alpha value is -1.12. The van der Waals surface area contributed by atoms with Crippen molar-refractivity contribution in [1.29, 1.82) is 0 Å². The fourth-order valence-corrected chi connectivity index (χ4v) is 1.52. The van der Waals surface area contributed by atoms with Gasteiger partial charge in [-0.1, -0.05) is 43.3 Å². The van der Waals surface area contributed by atoms with Crippen LogP contribution in [0.25, 0.3) is 0 Å². The predicted octanol–water partition coefficient (Wildman–Crippen LogP) is 2.93. The van der Waals surface area contributed by atoms with E-state index in [0.29, 0.717) is 6.61 Å². The minimum absolute atomic E-state index is 0.660. The molecule has 1 N–H and O–H groups in total. The molecule has 0 saturated heterocycles. The van der Waals surface area contributed by atoms with Crippen molar-refractivity contribution in [2.75, 3.05) is 19.8 Å². The van der Waals surface area contributed by atoms with Gasteiger partial charge in [0.25, 0.3) is 0 Å². The van der Waals surface area contributed by atoms with Crippen LogP contribution in [0.2, 0.25) is 0 Å². The van der Waals surface area contributed by atoms with Crippen LogP contribution >= 0.6 is 0 Å². The van der Waals surface area contributed by atoms with Crippen LogP contribution in [-0.4, -0.2) is 19.8 Å². The average molecular weight is 233 g/mol. The van der Waals surface area contributed by atoms with Crippen LogP contribution in [0.1, 0.15) is 25.0 Å². The van der Waals surface area contributed by atoms with Gasteiger partial charge in [-0.25, -0.2) is 0 Å². The molecule has 0 aliphatic rings. The standard InChI is InChI=1S/C15H23NO/c1-4-14-5-7-15(8-6-14)11-16-9-10-17-12-13(2)3/h5-8,16H,2,4,9-12H2,1,3H3. The molecule has 17 heavy (non-hydrogen) atoms. The van der Waals surface area contributed by atoms with Gasteiger partial charge in [-0.2, -0.15) is 0 Å². The molecule has 1 aromatic carbocycles. The van der Waals surface area contributed by atoms with Gasteiger partial charge >= 0.3 is 0 Å². The van der Waals surface area contributed by atoms with Crippen molar-refractivity contribution >= 4 is 0 Å².